The number of benzene rings is 2. The van der Waals surface area contributed by atoms with Crippen molar-refractivity contribution in [1.82, 2.24) is 4.90 Å². The summed E-state index contributed by atoms with van der Waals surface area (Å²) in [7, 11) is 0. The van der Waals surface area contributed by atoms with Gasteiger partial charge < -0.3 is 14.7 Å². The van der Waals surface area contributed by atoms with Gasteiger partial charge in [0, 0.05) is 16.0 Å². The van der Waals surface area contributed by atoms with E-state index in [1.54, 1.807) is 36.9 Å². The van der Waals surface area contributed by atoms with Crippen LogP contribution < -0.4 is 0 Å². The van der Waals surface area contributed by atoms with Gasteiger partial charge in [0.05, 0.1) is 24.5 Å². The quantitative estimate of drug-likeness (QED) is 0.442. The Balaban J connectivity index is 1.92. The van der Waals surface area contributed by atoms with E-state index in [4.69, 9.17) is 27.9 Å². The Morgan fingerprint density at radius 2 is 1.80 bits per heavy atom. The molecule has 6 nitrogen and oxygen atoms in total. The highest BCUT2D eigenvalue weighted by Gasteiger charge is 2.56. The zero-order valence-electron chi connectivity index (χ0n) is 19.7. The van der Waals surface area contributed by atoms with E-state index in [-0.39, 0.29) is 30.8 Å². The Kier molecular flexibility index (Phi) is 7.43. The second kappa shape index (κ2) is 10.2. The van der Waals surface area contributed by atoms with Gasteiger partial charge in [0.15, 0.2) is 0 Å². The fourth-order valence-corrected chi connectivity index (χ4v) is 5.68. The highest BCUT2D eigenvalue weighted by Crippen LogP contribution is 2.54. The maximum Gasteiger partial charge on any atom is 0.329 e. The molecular formula is C27H29Cl2NO5. The molecule has 8 heteroatoms. The molecule has 0 bridgehead atoms. The van der Waals surface area contributed by atoms with Gasteiger partial charge in [0.2, 0.25) is 5.91 Å². The minimum Gasteiger partial charge on any atom is -0.481 e. The predicted molar refractivity (Wildman–Crippen MR) is 133 cm³/mol. The number of rotatable bonds is 8. The number of hydrogen-bond acceptors (Lipinski definition) is 4. The molecule has 4 atom stereocenters. The molecule has 0 radical (unpaired) electrons. The summed E-state index contributed by atoms with van der Waals surface area (Å²) in [4.78, 5) is 40.9. The minimum absolute atomic E-state index is 0.0278. The fraction of sp³-hybridized carbons (Fsp3) is 0.444. The molecule has 4 rings (SSSR count). The second-order valence-electron chi connectivity index (χ2n) is 9.74. The van der Waals surface area contributed by atoms with Gasteiger partial charge in [-0.3, -0.25) is 9.59 Å². The van der Waals surface area contributed by atoms with Crippen molar-refractivity contribution < 1.29 is 24.2 Å². The van der Waals surface area contributed by atoms with Crippen LogP contribution in [-0.2, 0) is 19.1 Å². The smallest absolute Gasteiger partial charge is 0.329 e. The summed E-state index contributed by atoms with van der Waals surface area (Å²) >= 11 is 12.5. The normalized spacial score (nSPS) is 25.3. The van der Waals surface area contributed by atoms with Gasteiger partial charge in [0.25, 0.3) is 0 Å². The average molecular weight is 518 g/mol. The molecule has 1 N–H and O–H groups in total. The summed E-state index contributed by atoms with van der Waals surface area (Å²) in [6.07, 6.45) is 1.56. The van der Waals surface area contributed by atoms with E-state index in [1.165, 1.54) is 0 Å². The molecule has 0 aromatic heterocycles. The summed E-state index contributed by atoms with van der Waals surface area (Å²) in [6, 6.07) is 13.3. The number of ether oxygens (including phenoxy) is 1. The number of carboxylic acids is 1. The lowest BCUT2D eigenvalue weighted by Gasteiger charge is -2.51. The summed E-state index contributed by atoms with van der Waals surface area (Å²) in [5, 5.41) is 10.8. The topological polar surface area (TPSA) is 83.9 Å². The number of halogens is 2. The number of piperidine rings is 1. The molecule has 2 aromatic carbocycles. The molecular weight excluding hydrogens is 489 g/mol. The van der Waals surface area contributed by atoms with Crippen molar-refractivity contribution in [3.63, 3.8) is 0 Å². The van der Waals surface area contributed by atoms with Crippen LogP contribution in [0.25, 0.3) is 0 Å². The maximum absolute atomic E-state index is 14.2. The van der Waals surface area contributed by atoms with Crippen LogP contribution in [0, 0.1) is 11.3 Å². The van der Waals surface area contributed by atoms with Crippen LogP contribution in [0.15, 0.2) is 48.5 Å². The van der Waals surface area contributed by atoms with Crippen molar-refractivity contribution in [2.24, 2.45) is 11.3 Å². The average Bonchev–Trinajstić information content (AvgIpc) is 3.62. The van der Waals surface area contributed by atoms with E-state index >= 15 is 0 Å². The minimum atomic E-state index is -1.21. The van der Waals surface area contributed by atoms with Crippen molar-refractivity contribution in [2.45, 2.75) is 57.5 Å². The zero-order chi connectivity index (χ0) is 25.3. The van der Waals surface area contributed by atoms with Gasteiger partial charge in [-0.05, 0) is 67.5 Å². The van der Waals surface area contributed by atoms with Gasteiger partial charge in [-0.1, -0.05) is 54.4 Å². The Morgan fingerprint density at radius 3 is 2.37 bits per heavy atom. The number of carbonyl (C=O) groups is 3. The SMILES string of the molecule is CCOC(=O)[C@H](C1CC1)N1C(=O)[C@@](C)(CC(=O)O)CC(c2cccc(Cl)c2)[C@H]1c1ccc(Cl)cc1. The van der Waals surface area contributed by atoms with Crippen molar-refractivity contribution in [3.8, 4) is 0 Å². The van der Waals surface area contributed by atoms with Gasteiger partial charge in [-0.25, -0.2) is 4.79 Å². The van der Waals surface area contributed by atoms with Gasteiger partial charge in [-0.2, -0.15) is 0 Å². The number of nitrogens with zero attached hydrogens (tertiary/aromatic N) is 1. The molecule has 2 fully saturated rings. The Labute approximate surface area is 215 Å². The number of hydrogen-bond donors (Lipinski definition) is 1. The molecule has 2 aromatic rings. The van der Waals surface area contributed by atoms with Crippen LogP contribution in [0.4, 0.5) is 0 Å². The Hall–Kier alpha value is -2.57. The number of likely N-dealkylation sites (tertiary alicyclic amines) is 1. The summed E-state index contributed by atoms with van der Waals surface area (Å²) in [5.41, 5.74) is 0.492. The highest BCUT2D eigenvalue weighted by atomic mass is 35.5. The first-order valence-electron chi connectivity index (χ1n) is 11.9. The fourth-order valence-electron chi connectivity index (χ4n) is 5.36. The van der Waals surface area contributed by atoms with E-state index in [0.717, 1.165) is 24.0 Å². The van der Waals surface area contributed by atoms with E-state index in [9.17, 15) is 19.5 Å². The zero-order valence-corrected chi connectivity index (χ0v) is 21.3. The van der Waals surface area contributed by atoms with Crippen LogP contribution in [0.3, 0.4) is 0 Å². The van der Waals surface area contributed by atoms with Crippen molar-refractivity contribution in [2.75, 3.05) is 6.61 Å². The van der Waals surface area contributed by atoms with Crippen LogP contribution in [-0.4, -0.2) is 40.5 Å². The number of carboxylic acid groups (broad SMARTS) is 1. The first-order valence-corrected chi connectivity index (χ1v) is 12.6. The van der Waals surface area contributed by atoms with Crippen molar-refractivity contribution in [3.05, 3.63) is 69.7 Å². The molecule has 0 spiro atoms. The first kappa shape index (κ1) is 25.5. The molecule has 186 valence electrons. The van der Waals surface area contributed by atoms with Crippen LogP contribution >= 0.6 is 23.2 Å². The Morgan fingerprint density at radius 1 is 1.11 bits per heavy atom. The number of aliphatic carboxylic acids is 1. The molecule has 1 aliphatic heterocycles. The van der Waals surface area contributed by atoms with E-state index in [0.29, 0.717) is 16.5 Å². The van der Waals surface area contributed by atoms with E-state index < -0.39 is 29.4 Å². The second-order valence-corrected chi connectivity index (χ2v) is 10.6. The van der Waals surface area contributed by atoms with Gasteiger partial charge in [0.1, 0.15) is 6.04 Å². The van der Waals surface area contributed by atoms with Crippen molar-refractivity contribution in [1.29, 1.82) is 0 Å². The lowest BCUT2D eigenvalue weighted by atomic mass is 9.67. The largest absolute Gasteiger partial charge is 0.481 e. The molecule has 1 amide bonds. The third-order valence-electron chi connectivity index (χ3n) is 7.03. The molecule has 2 aliphatic rings. The Bertz CT molecular complexity index is 1120. The lowest BCUT2D eigenvalue weighted by Crippen LogP contribution is -2.59. The molecule has 1 saturated heterocycles. The third-order valence-corrected chi connectivity index (χ3v) is 7.52. The number of esters is 1. The van der Waals surface area contributed by atoms with E-state index in [2.05, 4.69) is 0 Å². The first-order chi connectivity index (χ1) is 16.6. The van der Waals surface area contributed by atoms with Crippen molar-refractivity contribution >= 4 is 41.0 Å². The summed E-state index contributed by atoms with van der Waals surface area (Å²) in [6.45, 7) is 3.61. The molecule has 1 saturated carbocycles. The number of carbonyl (C=O) groups excluding carboxylic acids is 2. The number of amides is 1. The highest BCUT2D eigenvalue weighted by molar-refractivity contribution is 6.30. The molecule has 1 unspecified atom stereocenters. The molecule has 1 heterocycles. The van der Waals surface area contributed by atoms with Gasteiger partial charge in [-0.15, -0.1) is 0 Å². The van der Waals surface area contributed by atoms with Crippen LogP contribution in [0.5, 0.6) is 0 Å². The summed E-state index contributed by atoms with van der Waals surface area (Å²) < 4.78 is 5.43. The molecule has 1 aliphatic carbocycles. The predicted octanol–water partition coefficient (Wildman–Crippen LogP) is 5.87. The lowest BCUT2D eigenvalue weighted by molar-refractivity contribution is -0.170. The monoisotopic (exact) mass is 517 g/mol. The van der Waals surface area contributed by atoms with E-state index in [1.807, 2.05) is 30.3 Å². The van der Waals surface area contributed by atoms with Crippen LogP contribution in [0.1, 0.15) is 62.6 Å². The molecule has 35 heavy (non-hydrogen) atoms. The third kappa shape index (κ3) is 5.34. The van der Waals surface area contributed by atoms with Crippen LogP contribution in [0.2, 0.25) is 10.0 Å². The maximum atomic E-state index is 14.2. The summed E-state index contributed by atoms with van der Waals surface area (Å²) in [5.74, 6) is -2.18. The standard InChI is InChI=1S/C27H29Cl2NO5/c1-3-35-25(33)24(17-7-8-17)30-23(16-9-11-19(28)12-10-16)21(18-5-4-6-20(29)13-18)14-27(2,26(30)34)15-22(31)32/h4-6,9-13,17,21,23-24H,3,7-8,14-15H2,1-2H3,(H,31,32)/t21?,23-,24+,27-/m1/s1. The van der Waals surface area contributed by atoms with Gasteiger partial charge >= 0.3 is 11.9 Å².